The van der Waals surface area contributed by atoms with E-state index >= 15 is 0 Å². The van der Waals surface area contributed by atoms with Crippen LogP contribution in [-0.2, 0) is 0 Å². The third kappa shape index (κ3) is 1.89. The van der Waals surface area contributed by atoms with Crippen LogP contribution in [0.15, 0.2) is 42.5 Å². The highest BCUT2D eigenvalue weighted by molar-refractivity contribution is 5.67. The molecule has 0 unspecified atom stereocenters. The van der Waals surface area contributed by atoms with Gasteiger partial charge in [0.15, 0.2) is 0 Å². The van der Waals surface area contributed by atoms with Crippen LogP contribution in [0.25, 0.3) is 11.1 Å². The molecule has 76 valence electrons. The molecule has 2 rings (SSSR count). The van der Waals surface area contributed by atoms with Gasteiger partial charge in [-0.05, 0) is 36.2 Å². The third-order valence-corrected chi connectivity index (χ3v) is 2.36. The Labute approximate surface area is 87.2 Å². The highest BCUT2D eigenvalue weighted by atomic mass is 19.1. The molecule has 2 heteroatoms. The van der Waals surface area contributed by atoms with Gasteiger partial charge in [-0.25, -0.2) is 8.78 Å². The second kappa shape index (κ2) is 3.81. The van der Waals surface area contributed by atoms with E-state index in [0.717, 1.165) is 23.3 Å². The minimum atomic E-state index is -0.422. The minimum absolute atomic E-state index is 0.313. The Hall–Kier alpha value is -1.70. The van der Waals surface area contributed by atoms with Crippen molar-refractivity contribution in [1.82, 2.24) is 0 Å². The SMILES string of the molecule is Cc1ccccc1-c1cc(F)ccc1F. The van der Waals surface area contributed by atoms with Gasteiger partial charge in [-0.15, -0.1) is 0 Å². The van der Waals surface area contributed by atoms with Crippen molar-refractivity contribution in [2.75, 3.05) is 0 Å². The van der Waals surface area contributed by atoms with Crippen molar-refractivity contribution in [2.24, 2.45) is 0 Å². The quantitative estimate of drug-likeness (QED) is 0.660. The molecule has 0 bridgehead atoms. The lowest BCUT2D eigenvalue weighted by molar-refractivity contribution is 0.603. The van der Waals surface area contributed by atoms with E-state index in [1.54, 1.807) is 6.07 Å². The van der Waals surface area contributed by atoms with Crippen LogP contribution in [0, 0.1) is 18.6 Å². The summed E-state index contributed by atoms with van der Waals surface area (Å²) in [6.07, 6.45) is 0. The van der Waals surface area contributed by atoms with Gasteiger partial charge in [0.1, 0.15) is 11.6 Å². The fraction of sp³-hybridized carbons (Fsp3) is 0.0769. The lowest BCUT2D eigenvalue weighted by Gasteiger charge is -2.06. The molecule has 2 aromatic carbocycles. The Kier molecular flexibility index (Phi) is 2.50. The van der Waals surface area contributed by atoms with Gasteiger partial charge in [-0.2, -0.15) is 0 Å². The van der Waals surface area contributed by atoms with E-state index in [4.69, 9.17) is 0 Å². The summed E-state index contributed by atoms with van der Waals surface area (Å²) in [5, 5.41) is 0. The smallest absolute Gasteiger partial charge is 0.131 e. The zero-order valence-electron chi connectivity index (χ0n) is 8.30. The van der Waals surface area contributed by atoms with E-state index in [9.17, 15) is 8.78 Å². The topological polar surface area (TPSA) is 0 Å². The van der Waals surface area contributed by atoms with Crippen LogP contribution in [0.3, 0.4) is 0 Å². The second-order valence-corrected chi connectivity index (χ2v) is 3.44. The van der Waals surface area contributed by atoms with E-state index in [1.165, 1.54) is 6.07 Å². The standard InChI is InChI=1S/C13H10F2/c1-9-4-2-3-5-11(9)12-8-10(14)6-7-13(12)15/h2-8H,1H3. The van der Waals surface area contributed by atoms with Crippen molar-refractivity contribution in [3.05, 3.63) is 59.7 Å². The van der Waals surface area contributed by atoms with Gasteiger partial charge in [0.25, 0.3) is 0 Å². The van der Waals surface area contributed by atoms with Gasteiger partial charge in [0.05, 0.1) is 0 Å². The fourth-order valence-electron chi connectivity index (χ4n) is 1.58. The van der Waals surface area contributed by atoms with Crippen LogP contribution in [0.4, 0.5) is 8.78 Å². The highest BCUT2D eigenvalue weighted by Gasteiger charge is 2.07. The predicted molar refractivity (Wildman–Crippen MR) is 56.5 cm³/mol. The predicted octanol–water partition coefficient (Wildman–Crippen LogP) is 3.94. The summed E-state index contributed by atoms with van der Waals surface area (Å²) < 4.78 is 26.5. The number of hydrogen-bond donors (Lipinski definition) is 0. The summed E-state index contributed by atoms with van der Waals surface area (Å²) in [6.45, 7) is 1.87. The molecule has 0 aliphatic carbocycles. The van der Waals surface area contributed by atoms with Crippen molar-refractivity contribution < 1.29 is 8.78 Å². The average Bonchev–Trinajstić information content (AvgIpc) is 2.23. The van der Waals surface area contributed by atoms with Gasteiger partial charge in [-0.3, -0.25) is 0 Å². The second-order valence-electron chi connectivity index (χ2n) is 3.44. The van der Waals surface area contributed by atoms with Crippen LogP contribution in [0.2, 0.25) is 0 Å². The first-order chi connectivity index (χ1) is 7.18. The average molecular weight is 204 g/mol. The molecule has 0 radical (unpaired) electrons. The summed E-state index contributed by atoms with van der Waals surface area (Å²) in [7, 11) is 0. The Morgan fingerprint density at radius 3 is 2.33 bits per heavy atom. The molecule has 0 N–H and O–H groups in total. The van der Waals surface area contributed by atoms with Crippen LogP contribution in [0.1, 0.15) is 5.56 Å². The highest BCUT2D eigenvalue weighted by Crippen LogP contribution is 2.26. The molecule has 0 atom stereocenters. The van der Waals surface area contributed by atoms with E-state index in [-0.39, 0.29) is 0 Å². The van der Waals surface area contributed by atoms with Crippen LogP contribution in [0.5, 0.6) is 0 Å². The lowest BCUT2D eigenvalue weighted by Crippen LogP contribution is -1.88. The van der Waals surface area contributed by atoms with Gasteiger partial charge in [0.2, 0.25) is 0 Å². The van der Waals surface area contributed by atoms with E-state index in [2.05, 4.69) is 0 Å². The van der Waals surface area contributed by atoms with Gasteiger partial charge >= 0.3 is 0 Å². The van der Waals surface area contributed by atoms with Crippen LogP contribution < -0.4 is 0 Å². The van der Waals surface area contributed by atoms with E-state index in [1.807, 2.05) is 25.1 Å². The Bertz CT molecular complexity index is 490. The minimum Gasteiger partial charge on any atom is -0.207 e. The Morgan fingerprint density at radius 2 is 1.60 bits per heavy atom. The molecule has 0 spiro atoms. The molecule has 15 heavy (non-hydrogen) atoms. The van der Waals surface area contributed by atoms with Crippen LogP contribution in [-0.4, -0.2) is 0 Å². The van der Waals surface area contributed by atoms with Crippen molar-refractivity contribution in [1.29, 1.82) is 0 Å². The van der Waals surface area contributed by atoms with Gasteiger partial charge in [0, 0.05) is 5.56 Å². The molecule has 0 saturated heterocycles. The molecular formula is C13H10F2. The van der Waals surface area contributed by atoms with E-state index in [0.29, 0.717) is 5.56 Å². The molecule has 0 aliphatic rings. The third-order valence-electron chi connectivity index (χ3n) is 2.36. The normalized spacial score (nSPS) is 10.3. The number of benzene rings is 2. The molecule has 2 aromatic rings. The first kappa shape index (κ1) is 9.84. The first-order valence-corrected chi connectivity index (χ1v) is 4.69. The zero-order valence-corrected chi connectivity index (χ0v) is 8.30. The summed E-state index contributed by atoms with van der Waals surface area (Å²) in [5.41, 5.74) is 1.98. The molecule has 0 aliphatic heterocycles. The molecule has 0 amide bonds. The number of hydrogen-bond acceptors (Lipinski definition) is 0. The molecule has 0 aromatic heterocycles. The molecular weight excluding hydrogens is 194 g/mol. The molecule has 0 fully saturated rings. The van der Waals surface area contributed by atoms with Gasteiger partial charge in [-0.1, -0.05) is 24.3 Å². The Morgan fingerprint density at radius 1 is 0.867 bits per heavy atom. The Balaban J connectivity index is 2.64. The molecule has 0 saturated carbocycles. The maximum atomic E-state index is 13.5. The number of rotatable bonds is 1. The monoisotopic (exact) mass is 204 g/mol. The number of halogens is 2. The summed E-state index contributed by atoms with van der Waals surface area (Å²) >= 11 is 0. The summed E-state index contributed by atoms with van der Waals surface area (Å²) in [4.78, 5) is 0. The van der Waals surface area contributed by atoms with Crippen molar-refractivity contribution in [2.45, 2.75) is 6.92 Å². The maximum absolute atomic E-state index is 13.5. The number of aryl methyl sites for hydroxylation is 1. The van der Waals surface area contributed by atoms with Gasteiger partial charge < -0.3 is 0 Å². The largest absolute Gasteiger partial charge is 0.207 e. The summed E-state index contributed by atoms with van der Waals surface area (Å²) in [5.74, 6) is -0.819. The zero-order chi connectivity index (χ0) is 10.8. The van der Waals surface area contributed by atoms with Crippen molar-refractivity contribution >= 4 is 0 Å². The van der Waals surface area contributed by atoms with E-state index < -0.39 is 11.6 Å². The molecule has 0 nitrogen and oxygen atoms in total. The maximum Gasteiger partial charge on any atom is 0.131 e. The fourth-order valence-corrected chi connectivity index (χ4v) is 1.58. The lowest BCUT2D eigenvalue weighted by atomic mass is 10.0. The van der Waals surface area contributed by atoms with Crippen molar-refractivity contribution in [3.8, 4) is 11.1 Å². The van der Waals surface area contributed by atoms with Crippen LogP contribution >= 0.6 is 0 Å². The van der Waals surface area contributed by atoms with Crippen molar-refractivity contribution in [3.63, 3.8) is 0 Å². The first-order valence-electron chi connectivity index (χ1n) is 4.69. The molecule has 0 heterocycles. The summed E-state index contributed by atoms with van der Waals surface area (Å²) in [6, 6.07) is 10.8.